The Morgan fingerprint density at radius 1 is 1.00 bits per heavy atom. The molecule has 7 heteroatoms. The average molecular weight is 245 g/mol. The fraction of sp³-hybridized carbons (Fsp3) is 0.200. The summed E-state index contributed by atoms with van der Waals surface area (Å²) < 4.78 is 53.6. The number of aromatic nitrogens is 3. The van der Waals surface area contributed by atoms with Crippen LogP contribution in [0.15, 0.2) is 6.33 Å². The SMILES string of the molecule is Cc1ncn(-c2c(F)c(F)nc(F)c2F)c1C. The van der Waals surface area contributed by atoms with Crippen LogP contribution < -0.4 is 0 Å². The van der Waals surface area contributed by atoms with Crippen molar-refractivity contribution in [3.8, 4) is 5.69 Å². The molecule has 0 aliphatic carbocycles. The molecule has 0 amide bonds. The highest BCUT2D eigenvalue weighted by molar-refractivity contribution is 5.37. The van der Waals surface area contributed by atoms with E-state index in [1.807, 2.05) is 0 Å². The molecular weight excluding hydrogens is 238 g/mol. The third-order valence-electron chi connectivity index (χ3n) is 2.47. The molecule has 0 atom stereocenters. The standard InChI is InChI=1S/C10H7F4N3/c1-4-5(2)17(3-15-4)8-6(11)9(13)16-10(14)7(8)12/h3H,1-2H3. The zero-order chi connectivity index (χ0) is 12.7. The predicted octanol–water partition coefficient (Wildman–Crippen LogP) is 2.44. The molecule has 0 N–H and O–H groups in total. The van der Waals surface area contributed by atoms with Crippen molar-refractivity contribution in [2.45, 2.75) is 13.8 Å². The molecule has 17 heavy (non-hydrogen) atoms. The van der Waals surface area contributed by atoms with Crippen molar-refractivity contribution < 1.29 is 17.6 Å². The van der Waals surface area contributed by atoms with Crippen LogP contribution >= 0.6 is 0 Å². The molecule has 0 aliphatic rings. The molecule has 0 unspecified atom stereocenters. The number of hydrogen-bond donors (Lipinski definition) is 0. The van der Waals surface area contributed by atoms with Gasteiger partial charge in [-0.15, -0.1) is 0 Å². The largest absolute Gasteiger partial charge is 0.298 e. The molecule has 0 fully saturated rings. The summed E-state index contributed by atoms with van der Waals surface area (Å²) in [7, 11) is 0. The van der Waals surface area contributed by atoms with Crippen LogP contribution in [0.5, 0.6) is 0 Å². The first-order valence-electron chi connectivity index (χ1n) is 4.64. The van der Waals surface area contributed by atoms with Crippen molar-refractivity contribution in [2.24, 2.45) is 0 Å². The summed E-state index contributed by atoms with van der Waals surface area (Å²) in [5, 5.41) is 0. The maximum Gasteiger partial charge on any atom is 0.253 e. The lowest BCUT2D eigenvalue weighted by atomic mass is 10.3. The van der Waals surface area contributed by atoms with E-state index in [-0.39, 0.29) is 0 Å². The first-order valence-corrected chi connectivity index (χ1v) is 4.64. The molecule has 2 heterocycles. The van der Waals surface area contributed by atoms with E-state index in [0.29, 0.717) is 11.4 Å². The Morgan fingerprint density at radius 2 is 1.53 bits per heavy atom. The highest BCUT2D eigenvalue weighted by Gasteiger charge is 2.23. The van der Waals surface area contributed by atoms with Crippen LogP contribution in [0, 0.1) is 37.4 Å². The second-order valence-electron chi connectivity index (χ2n) is 3.46. The zero-order valence-corrected chi connectivity index (χ0v) is 8.93. The molecule has 0 bridgehead atoms. The summed E-state index contributed by atoms with van der Waals surface area (Å²) in [5.41, 5.74) is 0.0299. The normalized spacial score (nSPS) is 10.9. The molecule has 90 valence electrons. The minimum absolute atomic E-state index is 0.382. The molecule has 3 nitrogen and oxygen atoms in total. The van der Waals surface area contributed by atoms with Crippen molar-refractivity contribution in [1.82, 2.24) is 14.5 Å². The van der Waals surface area contributed by atoms with Crippen LogP contribution in [0.1, 0.15) is 11.4 Å². The predicted molar refractivity (Wildman–Crippen MR) is 50.7 cm³/mol. The van der Waals surface area contributed by atoms with E-state index >= 15 is 0 Å². The van der Waals surface area contributed by atoms with Crippen LogP contribution in [0.25, 0.3) is 5.69 Å². The molecule has 0 spiro atoms. The lowest BCUT2D eigenvalue weighted by Gasteiger charge is -2.08. The topological polar surface area (TPSA) is 30.7 Å². The number of halogens is 4. The van der Waals surface area contributed by atoms with E-state index < -0.39 is 29.2 Å². The van der Waals surface area contributed by atoms with Gasteiger partial charge >= 0.3 is 0 Å². The van der Waals surface area contributed by atoms with Gasteiger partial charge in [-0.1, -0.05) is 0 Å². The minimum atomic E-state index is -1.69. The van der Waals surface area contributed by atoms with Gasteiger partial charge in [0.1, 0.15) is 5.69 Å². The summed E-state index contributed by atoms with van der Waals surface area (Å²) >= 11 is 0. The lowest BCUT2D eigenvalue weighted by molar-refractivity contribution is 0.402. The summed E-state index contributed by atoms with van der Waals surface area (Å²) in [6, 6.07) is 0. The van der Waals surface area contributed by atoms with E-state index in [2.05, 4.69) is 9.97 Å². The third kappa shape index (κ3) is 1.67. The molecule has 0 radical (unpaired) electrons. The first kappa shape index (κ1) is 11.6. The van der Waals surface area contributed by atoms with Gasteiger partial charge in [0, 0.05) is 5.69 Å². The molecule has 0 saturated heterocycles. The van der Waals surface area contributed by atoms with Crippen molar-refractivity contribution in [3.63, 3.8) is 0 Å². The van der Waals surface area contributed by atoms with Gasteiger partial charge in [-0.05, 0) is 13.8 Å². The number of imidazole rings is 1. The molecule has 0 aromatic carbocycles. The quantitative estimate of drug-likeness (QED) is 0.570. The molecule has 0 saturated carbocycles. The highest BCUT2D eigenvalue weighted by Crippen LogP contribution is 2.23. The van der Waals surface area contributed by atoms with Crippen LogP contribution in [0.3, 0.4) is 0 Å². The van der Waals surface area contributed by atoms with Crippen molar-refractivity contribution in [1.29, 1.82) is 0 Å². The average Bonchev–Trinajstić information content (AvgIpc) is 2.59. The maximum absolute atomic E-state index is 13.4. The van der Waals surface area contributed by atoms with Gasteiger partial charge in [-0.25, -0.2) is 4.98 Å². The zero-order valence-electron chi connectivity index (χ0n) is 8.93. The smallest absolute Gasteiger partial charge is 0.253 e. The van der Waals surface area contributed by atoms with Crippen molar-refractivity contribution >= 4 is 0 Å². The van der Waals surface area contributed by atoms with Crippen LogP contribution in [-0.2, 0) is 0 Å². The number of pyridine rings is 1. The Bertz CT molecular complexity index is 565. The van der Waals surface area contributed by atoms with Crippen molar-refractivity contribution in [3.05, 3.63) is 41.2 Å². The number of nitrogens with zero attached hydrogens (tertiary/aromatic N) is 3. The van der Waals surface area contributed by atoms with Gasteiger partial charge in [-0.2, -0.15) is 22.5 Å². The monoisotopic (exact) mass is 245 g/mol. The third-order valence-corrected chi connectivity index (χ3v) is 2.47. The van der Waals surface area contributed by atoms with E-state index in [1.165, 1.54) is 6.92 Å². The first-order chi connectivity index (χ1) is 7.93. The fourth-order valence-corrected chi connectivity index (χ4v) is 1.41. The van der Waals surface area contributed by atoms with Gasteiger partial charge in [0.05, 0.1) is 12.0 Å². The van der Waals surface area contributed by atoms with Gasteiger partial charge in [0.15, 0.2) is 0 Å². The Labute approximate surface area is 93.7 Å². The summed E-state index contributed by atoms with van der Waals surface area (Å²) in [6.07, 6.45) is 1.09. The minimum Gasteiger partial charge on any atom is -0.298 e. The van der Waals surface area contributed by atoms with Crippen LogP contribution in [-0.4, -0.2) is 14.5 Å². The second kappa shape index (κ2) is 3.83. The Balaban J connectivity index is 2.79. The van der Waals surface area contributed by atoms with Gasteiger partial charge in [0.25, 0.3) is 11.9 Å². The van der Waals surface area contributed by atoms with E-state index in [9.17, 15) is 17.6 Å². The van der Waals surface area contributed by atoms with Gasteiger partial charge in [0.2, 0.25) is 11.6 Å². The van der Waals surface area contributed by atoms with Crippen molar-refractivity contribution in [2.75, 3.05) is 0 Å². The van der Waals surface area contributed by atoms with E-state index in [4.69, 9.17) is 0 Å². The molecular formula is C10H7F4N3. The Morgan fingerprint density at radius 3 is 1.94 bits per heavy atom. The maximum atomic E-state index is 13.4. The number of aryl methyl sites for hydroxylation is 1. The van der Waals surface area contributed by atoms with Crippen LogP contribution in [0.4, 0.5) is 17.6 Å². The highest BCUT2D eigenvalue weighted by atomic mass is 19.2. The summed E-state index contributed by atoms with van der Waals surface area (Å²) in [4.78, 5) is 6.28. The second-order valence-corrected chi connectivity index (χ2v) is 3.46. The number of rotatable bonds is 1. The fourth-order valence-electron chi connectivity index (χ4n) is 1.41. The van der Waals surface area contributed by atoms with Gasteiger partial charge < -0.3 is 0 Å². The van der Waals surface area contributed by atoms with Gasteiger partial charge in [-0.3, -0.25) is 4.57 Å². The lowest BCUT2D eigenvalue weighted by Crippen LogP contribution is -2.09. The van der Waals surface area contributed by atoms with Crippen LogP contribution in [0.2, 0.25) is 0 Å². The Hall–Kier alpha value is -1.92. The molecule has 2 aromatic rings. The van der Waals surface area contributed by atoms with E-state index in [0.717, 1.165) is 10.9 Å². The van der Waals surface area contributed by atoms with E-state index in [1.54, 1.807) is 6.92 Å². The molecule has 0 aliphatic heterocycles. The summed E-state index contributed by atoms with van der Waals surface area (Å²) in [6.45, 7) is 3.13. The number of hydrogen-bond acceptors (Lipinski definition) is 2. The summed E-state index contributed by atoms with van der Waals surface area (Å²) in [5.74, 6) is -6.48. The Kier molecular flexibility index (Phi) is 2.60. The molecule has 2 aromatic heterocycles. The molecule has 2 rings (SSSR count).